The third-order valence-electron chi connectivity index (χ3n) is 4.85. The van der Waals surface area contributed by atoms with Gasteiger partial charge in [-0.1, -0.05) is 48.5 Å². The summed E-state index contributed by atoms with van der Waals surface area (Å²) < 4.78 is 0. The van der Waals surface area contributed by atoms with Gasteiger partial charge >= 0.3 is 0 Å². The predicted molar refractivity (Wildman–Crippen MR) is 87.8 cm³/mol. The van der Waals surface area contributed by atoms with Crippen molar-refractivity contribution in [2.24, 2.45) is 0 Å². The summed E-state index contributed by atoms with van der Waals surface area (Å²) in [6.45, 7) is 1.71. The number of fused-ring (bicyclic) bond motifs is 3. The standard InChI is InChI=1S/C19H18N2O2/c1-12-17(22)21-19(18(23)20-12)10-13-6-2-4-8-15(13)16-9-5-3-7-14(16)11-19/h2-9,12H,10-11H2,1H3,(H,20,23)(H,21,22)/t12-/m0/s1. The smallest absolute Gasteiger partial charge is 0.247 e. The second kappa shape index (κ2) is 4.95. The molecule has 0 radical (unpaired) electrons. The van der Waals surface area contributed by atoms with E-state index in [1.807, 2.05) is 36.4 Å². The zero-order valence-electron chi connectivity index (χ0n) is 12.9. The summed E-state index contributed by atoms with van der Waals surface area (Å²) >= 11 is 0. The highest BCUT2D eigenvalue weighted by Crippen LogP contribution is 2.36. The molecule has 4 rings (SSSR count). The van der Waals surface area contributed by atoms with Crippen molar-refractivity contribution in [3.63, 3.8) is 0 Å². The van der Waals surface area contributed by atoms with Gasteiger partial charge in [0.1, 0.15) is 11.6 Å². The van der Waals surface area contributed by atoms with Gasteiger partial charge in [-0.15, -0.1) is 0 Å². The van der Waals surface area contributed by atoms with Crippen LogP contribution in [-0.4, -0.2) is 23.4 Å². The maximum atomic E-state index is 12.8. The van der Waals surface area contributed by atoms with Crippen LogP contribution in [0.3, 0.4) is 0 Å². The molecule has 1 spiro atoms. The van der Waals surface area contributed by atoms with Gasteiger partial charge in [-0.2, -0.15) is 0 Å². The van der Waals surface area contributed by atoms with E-state index >= 15 is 0 Å². The van der Waals surface area contributed by atoms with E-state index in [2.05, 4.69) is 22.8 Å². The number of carbonyl (C=O) groups is 2. The molecule has 2 aliphatic rings. The van der Waals surface area contributed by atoms with E-state index in [9.17, 15) is 9.59 Å². The molecule has 1 fully saturated rings. The van der Waals surface area contributed by atoms with Crippen molar-refractivity contribution < 1.29 is 9.59 Å². The molecule has 0 saturated carbocycles. The van der Waals surface area contributed by atoms with Crippen molar-refractivity contribution in [3.8, 4) is 11.1 Å². The molecular weight excluding hydrogens is 288 g/mol. The average molecular weight is 306 g/mol. The lowest BCUT2D eigenvalue weighted by molar-refractivity contribution is -0.141. The van der Waals surface area contributed by atoms with Gasteiger partial charge in [0.2, 0.25) is 11.8 Å². The molecule has 0 aromatic heterocycles. The Morgan fingerprint density at radius 3 is 2.00 bits per heavy atom. The van der Waals surface area contributed by atoms with Gasteiger partial charge in [-0.05, 0) is 29.2 Å². The van der Waals surface area contributed by atoms with Crippen molar-refractivity contribution in [2.45, 2.75) is 31.3 Å². The Kier molecular flexibility index (Phi) is 3.01. The normalized spacial score (nSPS) is 21.7. The van der Waals surface area contributed by atoms with Crippen LogP contribution in [0.15, 0.2) is 48.5 Å². The highest BCUT2D eigenvalue weighted by Gasteiger charge is 2.47. The van der Waals surface area contributed by atoms with Crippen molar-refractivity contribution in [3.05, 3.63) is 59.7 Å². The van der Waals surface area contributed by atoms with Gasteiger partial charge < -0.3 is 10.6 Å². The van der Waals surface area contributed by atoms with E-state index in [0.717, 1.165) is 22.3 Å². The monoisotopic (exact) mass is 306 g/mol. The molecule has 2 N–H and O–H groups in total. The first-order valence-electron chi connectivity index (χ1n) is 7.88. The van der Waals surface area contributed by atoms with Gasteiger partial charge in [0, 0.05) is 12.8 Å². The van der Waals surface area contributed by atoms with Crippen LogP contribution in [-0.2, 0) is 22.4 Å². The van der Waals surface area contributed by atoms with Crippen LogP contribution in [0, 0.1) is 0 Å². The quantitative estimate of drug-likeness (QED) is 0.780. The van der Waals surface area contributed by atoms with Crippen LogP contribution in [0.5, 0.6) is 0 Å². The second-order valence-electron chi connectivity index (χ2n) is 6.43. The van der Waals surface area contributed by atoms with Crippen molar-refractivity contribution in [1.29, 1.82) is 0 Å². The first-order chi connectivity index (χ1) is 11.1. The summed E-state index contributed by atoms with van der Waals surface area (Å²) in [5.74, 6) is -0.224. The van der Waals surface area contributed by atoms with Gasteiger partial charge in [0.25, 0.3) is 0 Å². The Labute approximate surface area is 134 Å². The summed E-state index contributed by atoms with van der Waals surface area (Å²) in [4.78, 5) is 25.0. The van der Waals surface area contributed by atoms with Crippen LogP contribution >= 0.6 is 0 Å². The molecule has 116 valence electrons. The van der Waals surface area contributed by atoms with E-state index in [1.165, 1.54) is 0 Å². The molecule has 23 heavy (non-hydrogen) atoms. The molecule has 4 heteroatoms. The largest absolute Gasteiger partial charge is 0.343 e. The fraction of sp³-hybridized carbons (Fsp3) is 0.263. The number of carbonyl (C=O) groups excluding carboxylic acids is 2. The van der Waals surface area contributed by atoms with E-state index in [0.29, 0.717) is 12.8 Å². The fourth-order valence-corrected chi connectivity index (χ4v) is 3.64. The zero-order valence-corrected chi connectivity index (χ0v) is 12.9. The summed E-state index contributed by atoms with van der Waals surface area (Å²) in [5.41, 5.74) is 3.54. The molecule has 0 bridgehead atoms. The minimum Gasteiger partial charge on any atom is -0.343 e. The van der Waals surface area contributed by atoms with Gasteiger partial charge in [0.05, 0.1) is 0 Å². The molecule has 0 unspecified atom stereocenters. The fourth-order valence-electron chi connectivity index (χ4n) is 3.64. The third-order valence-corrected chi connectivity index (χ3v) is 4.85. The zero-order chi connectivity index (χ0) is 16.0. The molecule has 2 amide bonds. The van der Waals surface area contributed by atoms with Crippen LogP contribution in [0.2, 0.25) is 0 Å². The molecule has 1 saturated heterocycles. The highest BCUT2D eigenvalue weighted by atomic mass is 16.2. The molecule has 1 aliphatic carbocycles. The molecule has 1 heterocycles. The number of amides is 2. The Balaban J connectivity index is 1.90. The average Bonchev–Trinajstić information content (AvgIpc) is 2.68. The van der Waals surface area contributed by atoms with E-state index in [-0.39, 0.29) is 11.8 Å². The van der Waals surface area contributed by atoms with Crippen molar-refractivity contribution >= 4 is 11.8 Å². The number of rotatable bonds is 0. The van der Waals surface area contributed by atoms with E-state index < -0.39 is 11.6 Å². The molecule has 4 nitrogen and oxygen atoms in total. The Hall–Kier alpha value is -2.62. The second-order valence-corrected chi connectivity index (χ2v) is 6.43. The van der Waals surface area contributed by atoms with Crippen LogP contribution in [0.4, 0.5) is 0 Å². The molecule has 1 aliphatic heterocycles. The minimum absolute atomic E-state index is 0.101. The minimum atomic E-state index is -0.910. The lowest BCUT2D eigenvalue weighted by Crippen LogP contribution is -2.70. The van der Waals surface area contributed by atoms with Gasteiger partial charge in [0.15, 0.2) is 0 Å². The van der Waals surface area contributed by atoms with Crippen LogP contribution < -0.4 is 10.6 Å². The molecule has 2 aromatic carbocycles. The topological polar surface area (TPSA) is 58.2 Å². The SMILES string of the molecule is C[C@@H]1NC(=O)C2(Cc3ccccc3-c3ccccc3C2)NC1=O. The molecule has 1 atom stereocenters. The summed E-state index contributed by atoms with van der Waals surface area (Å²) in [6, 6.07) is 15.7. The highest BCUT2D eigenvalue weighted by molar-refractivity contribution is 6.00. The summed E-state index contributed by atoms with van der Waals surface area (Å²) in [6.07, 6.45) is 1.00. The van der Waals surface area contributed by atoms with Crippen LogP contribution in [0.25, 0.3) is 11.1 Å². The molecule has 2 aromatic rings. The first-order valence-corrected chi connectivity index (χ1v) is 7.88. The number of piperazine rings is 1. The Morgan fingerprint density at radius 1 is 0.913 bits per heavy atom. The third kappa shape index (κ3) is 2.13. The van der Waals surface area contributed by atoms with E-state index in [4.69, 9.17) is 0 Å². The lowest BCUT2D eigenvalue weighted by atomic mass is 9.83. The number of hydrogen-bond acceptors (Lipinski definition) is 2. The predicted octanol–water partition coefficient (Wildman–Crippen LogP) is 1.83. The first kappa shape index (κ1) is 14.0. The van der Waals surface area contributed by atoms with Gasteiger partial charge in [-0.25, -0.2) is 0 Å². The van der Waals surface area contributed by atoms with Crippen molar-refractivity contribution in [2.75, 3.05) is 0 Å². The lowest BCUT2D eigenvalue weighted by Gasteiger charge is -2.39. The van der Waals surface area contributed by atoms with Gasteiger partial charge in [-0.3, -0.25) is 9.59 Å². The van der Waals surface area contributed by atoms with Crippen molar-refractivity contribution in [1.82, 2.24) is 10.6 Å². The number of nitrogens with one attached hydrogen (secondary N) is 2. The summed E-state index contributed by atoms with van der Waals surface area (Å²) in [7, 11) is 0. The summed E-state index contributed by atoms with van der Waals surface area (Å²) in [5, 5.41) is 5.83. The van der Waals surface area contributed by atoms with Crippen LogP contribution in [0.1, 0.15) is 18.1 Å². The maximum absolute atomic E-state index is 12.8. The number of hydrogen-bond donors (Lipinski definition) is 2. The Morgan fingerprint density at radius 2 is 1.43 bits per heavy atom. The maximum Gasteiger partial charge on any atom is 0.247 e. The van der Waals surface area contributed by atoms with E-state index in [1.54, 1.807) is 6.92 Å². The number of benzene rings is 2. The Bertz CT molecular complexity index is 765. The molecular formula is C19H18N2O2.